The third-order valence-electron chi connectivity index (χ3n) is 3.05. The molecule has 2 aromatic carbocycles. The summed E-state index contributed by atoms with van der Waals surface area (Å²) in [4.78, 5) is 0. The minimum Gasteiger partial charge on any atom is -0.381 e. The van der Waals surface area contributed by atoms with E-state index in [4.69, 9.17) is 0 Å². The maximum atomic E-state index is 13.1. The molecule has 0 atom stereocenters. The van der Waals surface area contributed by atoms with Crippen molar-refractivity contribution in [2.24, 2.45) is 0 Å². The maximum absolute atomic E-state index is 13.1. The predicted octanol–water partition coefficient (Wildman–Crippen LogP) is 4.70. The van der Waals surface area contributed by atoms with E-state index in [0.717, 1.165) is 17.3 Å². The first kappa shape index (κ1) is 13.5. The van der Waals surface area contributed by atoms with Crippen molar-refractivity contribution < 1.29 is 8.78 Å². The second-order valence-corrected chi connectivity index (χ2v) is 4.84. The summed E-state index contributed by atoms with van der Waals surface area (Å²) in [5.74, 6) is -1.21. The molecule has 0 aliphatic heterocycles. The molecule has 0 amide bonds. The van der Waals surface area contributed by atoms with Crippen molar-refractivity contribution in [2.75, 3.05) is 5.32 Å². The Kier molecular flexibility index (Phi) is 4.15. The molecule has 19 heavy (non-hydrogen) atoms. The predicted molar refractivity (Wildman–Crippen MR) is 74.2 cm³/mol. The molecule has 2 aromatic rings. The SMILES string of the molecule is CC(C)c1ccccc1NCc1ccc(F)c(F)c1. The number of nitrogens with one attached hydrogen (secondary N) is 1. The third-order valence-corrected chi connectivity index (χ3v) is 3.05. The highest BCUT2D eigenvalue weighted by Gasteiger charge is 2.06. The van der Waals surface area contributed by atoms with E-state index in [0.29, 0.717) is 12.5 Å². The van der Waals surface area contributed by atoms with Crippen LogP contribution in [0.2, 0.25) is 0 Å². The van der Waals surface area contributed by atoms with Crippen molar-refractivity contribution in [3.05, 3.63) is 65.2 Å². The highest BCUT2D eigenvalue weighted by molar-refractivity contribution is 5.52. The van der Waals surface area contributed by atoms with Gasteiger partial charge in [0, 0.05) is 12.2 Å². The summed E-state index contributed by atoms with van der Waals surface area (Å²) in [5, 5.41) is 3.27. The van der Waals surface area contributed by atoms with Crippen LogP contribution in [0.1, 0.15) is 30.9 Å². The second-order valence-electron chi connectivity index (χ2n) is 4.84. The van der Waals surface area contributed by atoms with E-state index in [9.17, 15) is 8.78 Å². The molecule has 1 nitrogen and oxygen atoms in total. The lowest BCUT2D eigenvalue weighted by molar-refractivity contribution is 0.507. The Morgan fingerprint density at radius 3 is 2.42 bits per heavy atom. The van der Waals surface area contributed by atoms with Gasteiger partial charge in [0.15, 0.2) is 11.6 Å². The fourth-order valence-electron chi connectivity index (χ4n) is 2.01. The molecule has 0 spiro atoms. The molecule has 0 fully saturated rings. The molecule has 0 radical (unpaired) electrons. The van der Waals surface area contributed by atoms with Crippen molar-refractivity contribution in [1.29, 1.82) is 0 Å². The lowest BCUT2D eigenvalue weighted by Crippen LogP contribution is -2.04. The van der Waals surface area contributed by atoms with Crippen molar-refractivity contribution in [3.63, 3.8) is 0 Å². The number of hydrogen-bond donors (Lipinski definition) is 1. The van der Waals surface area contributed by atoms with Crippen LogP contribution in [0.4, 0.5) is 14.5 Å². The minimum absolute atomic E-state index is 0.411. The Labute approximate surface area is 112 Å². The number of halogens is 2. The normalized spacial score (nSPS) is 10.8. The van der Waals surface area contributed by atoms with E-state index < -0.39 is 11.6 Å². The number of rotatable bonds is 4. The van der Waals surface area contributed by atoms with E-state index in [2.05, 4.69) is 25.2 Å². The number of anilines is 1. The molecule has 0 unspecified atom stereocenters. The van der Waals surface area contributed by atoms with Gasteiger partial charge in [0.25, 0.3) is 0 Å². The molecule has 0 heterocycles. The second kappa shape index (κ2) is 5.83. The van der Waals surface area contributed by atoms with Crippen molar-refractivity contribution in [1.82, 2.24) is 0 Å². The zero-order chi connectivity index (χ0) is 13.8. The van der Waals surface area contributed by atoms with Crippen LogP contribution in [0.3, 0.4) is 0 Å². The highest BCUT2D eigenvalue weighted by Crippen LogP contribution is 2.24. The van der Waals surface area contributed by atoms with E-state index in [1.54, 1.807) is 6.07 Å². The summed E-state index contributed by atoms with van der Waals surface area (Å²) in [6.45, 7) is 4.72. The van der Waals surface area contributed by atoms with Crippen LogP contribution in [0.25, 0.3) is 0 Å². The van der Waals surface area contributed by atoms with Crippen LogP contribution >= 0.6 is 0 Å². The maximum Gasteiger partial charge on any atom is 0.159 e. The molecule has 1 N–H and O–H groups in total. The first-order valence-electron chi connectivity index (χ1n) is 6.34. The lowest BCUT2D eigenvalue weighted by Gasteiger charge is -2.14. The van der Waals surface area contributed by atoms with Gasteiger partial charge in [0.05, 0.1) is 0 Å². The lowest BCUT2D eigenvalue weighted by atomic mass is 10.0. The largest absolute Gasteiger partial charge is 0.381 e. The van der Waals surface area contributed by atoms with Gasteiger partial charge in [0.1, 0.15) is 0 Å². The van der Waals surface area contributed by atoms with Crippen molar-refractivity contribution in [3.8, 4) is 0 Å². The zero-order valence-electron chi connectivity index (χ0n) is 11.1. The Morgan fingerprint density at radius 2 is 1.74 bits per heavy atom. The summed E-state index contributed by atoms with van der Waals surface area (Å²) in [6.07, 6.45) is 0. The van der Waals surface area contributed by atoms with E-state index in [1.807, 2.05) is 18.2 Å². The molecule has 3 heteroatoms. The van der Waals surface area contributed by atoms with Gasteiger partial charge in [-0.25, -0.2) is 8.78 Å². The Bertz CT molecular complexity index is 564. The van der Waals surface area contributed by atoms with Crippen LogP contribution in [0.15, 0.2) is 42.5 Å². The third kappa shape index (κ3) is 3.31. The quantitative estimate of drug-likeness (QED) is 0.841. The Hall–Kier alpha value is -1.90. The van der Waals surface area contributed by atoms with Gasteiger partial charge in [-0.2, -0.15) is 0 Å². The van der Waals surface area contributed by atoms with Gasteiger partial charge >= 0.3 is 0 Å². The average Bonchev–Trinajstić information content (AvgIpc) is 2.40. The minimum atomic E-state index is -0.814. The standard InChI is InChI=1S/C16H17F2N/c1-11(2)13-5-3-4-6-16(13)19-10-12-7-8-14(17)15(18)9-12/h3-9,11,19H,10H2,1-2H3. The summed E-state index contributed by atoms with van der Waals surface area (Å²) >= 11 is 0. The van der Waals surface area contributed by atoms with Crippen LogP contribution in [-0.2, 0) is 6.54 Å². The molecule has 0 aliphatic rings. The first-order valence-corrected chi connectivity index (χ1v) is 6.34. The van der Waals surface area contributed by atoms with E-state index in [-0.39, 0.29) is 0 Å². The highest BCUT2D eigenvalue weighted by atomic mass is 19.2. The molecule has 0 saturated carbocycles. The molecular weight excluding hydrogens is 244 g/mol. The summed E-state index contributed by atoms with van der Waals surface area (Å²) in [7, 11) is 0. The fourth-order valence-corrected chi connectivity index (χ4v) is 2.01. The molecule has 0 aromatic heterocycles. The van der Waals surface area contributed by atoms with Gasteiger partial charge in [-0.15, -0.1) is 0 Å². The smallest absolute Gasteiger partial charge is 0.159 e. The van der Waals surface area contributed by atoms with Gasteiger partial charge in [-0.05, 0) is 35.2 Å². The van der Waals surface area contributed by atoms with Gasteiger partial charge in [0.2, 0.25) is 0 Å². The number of para-hydroxylation sites is 1. The molecule has 2 rings (SSSR count). The van der Waals surface area contributed by atoms with Crippen LogP contribution in [0, 0.1) is 11.6 Å². The summed E-state index contributed by atoms with van der Waals surface area (Å²) in [6, 6.07) is 12.0. The van der Waals surface area contributed by atoms with E-state index >= 15 is 0 Å². The number of benzene rings is 2. The van der Waals surface area contributed by atoms with Crippen LogP contribution < -0.4 is 5.32 Å². The van der Waals surface area contributed by atoms with Gasteiger partial charge < -0.3 is 5.32 Å². The Balaban J connectivity index is 2.12. The molecule has 100 valence electrons. The average molecular weight is 261 g/mol. The molecule has 0 saturated heterocycles. The first-order chi connectivity index (χ1) is 9.08. The molecule has 0 aliphatic carbocycles. The topological polar surface area (TPSA) is 12.0 Å². The van der Waals surface area contributed by atoms with Crippen molar-refractivity contribution >= 4 is 5.69 Å². The summed E-state index contributed by atoms with van der Waals surface area (Å²) < 4.78 is 25.9. The zero-order valence-corrected chi connectivity index (χ0v) is 11.1. The molecule has 0 bridgehead atoms. The van der Waals surface area contributed by atoms with Crippen LogP contribution in [0.5, 0.6) is 0 Å². The number of hydrogen-bond acceptors (Lipinski definition) is 1. The molecular formula is C16H17F2N. The van der Waals surface area contributed by atoms with Crippen molar-refractivity contribution in [2.45, 2.75) is 26.3 Å². The van der Waals surface area contributed by atoms with Gasteiger partial charge in [-0.3, -0.25) is 0 Å². The fraction of sp³-hybridized carbons (Fsp3) is 0.250. The summed E-state index contributed by atoms with van der Waals surface area (Å²) in [5.41, 5.74) is 2.96. The van der Waals surface area contributed by atoms with E-state index in [1.165, 1.54) is 11.6 Å². The van der Waals surface area contributed by atoms with Crippen LogP contribution in [-0.4, -0.2) is 0 Å². The Morgan fingerprint density at radius 1 is 1.00 bits per heavy atom. The van der Waals surface area contributed by atoms with Gasteiger partial charge in [-0.1, -0.05) is 38.1 Å². The monoisotopic (exact) mass is 261 g/mol.